The highest BCUT2D eigenvalue weighted by Gasteiger charge is 2.25. The topological polar surface area (TPSA) is 92.5 Å². The van der Waals surface area contributed by atoms with Gasteiger partial charge in [0.05, 0.1) is 24.1 Å². The number of fused-ring (bicyclic) bond motifs is 1. The molecule has 32 heavy (non-hydrogen) atoms. The fourth-order valence-corrected chi connectivity index (χ4v) is 3.80. The number of ether oxygens (including phenoxy) is 1. The lowest BCUT2D eigenvalue weighted by molar-refractivity contribution is 0.145. The van der Waals surface area contributed by atoms with Crippen LogP contribution in [0.5, 0.6) is 0 Å². The van der Waals surface area contributed by atoms with Crippen LogP contribution in [0, 0.1) is 18.7 Å². The number of nitrogens with one attached hydrogen (secondary N) is 2. The third kappa shape index (κ3) is 4.83. The standard InChI is InChI=1S/C23H28FN5O3/c1-14(2)20(21-15(3)18-10-16(24)6-7-19(18)32-21)28-23(30)27-17-11-25-22(26-12-17)29-8-4-5-9-31-13-29/h6-7,10-12,14,20H,4-5,8-9,13H2,1-3H3,(H2,27,28,30)/t20-/m1/s1. The zero-order chi connectivity index (χ0) is 22.7. The second kappa shape index (κ2) is 9.52. The van der Waals surface area contributed by atoms with Crippen LogP contribution in [0.25, 0.3) is 11.0 Å². The molecule has 1 aliphatic heterocycles. The second-order valence-electron chi connectivity index (χ2n) is 8.33. The lowest BCUT2D eigenvalue weighted by Gasteiger charge is -2.22. The van der Waals surface area contributed by atoms with Crippen molar-refractivity contribution in [2.75, 3.05) is 30.1 Å². The number of aryl methyl sites for hydroxylation is 1. The molecule has 0 radical (unpaired) electrons. The van der Waals surface area contributed by atoms with Crippen molar-refractivity contribution in [3.8, 4) is 0 Å². The van der Waals surface area contributed by atoms with Gasteiger partial charge in [-0.3, -0.25) is 0 Å². The molecule has 0 spiro atoms. The molecular weight excluding hydrogens is 413 g/mol. The average molecular weight is 442 g/mol. The summed E-state index contributed by atoms with van der Waals surface area (Å²) in [4.78, 5) is 23.4. The number of halogens is 1. The van der Waals surface area contributed by atoms with Gasteiger partial charge in [0, 0.05) is 24.1 Å². The molecule has 3 heterocycles. The van der Waals surface area contributed by atoms with Crippen molar-refractivity contribution >= 4 is 28.6 Å². The molecule has 2 N–H and O–H groups in total. The van der Waals surface area contributed by atoms with Gasteiger partial charge in [0.1, 0.15) is 23.9 Å². The maximum absolute atomic E-state index is 13.7. The Balaban J connectivity index is 1.45. The lowest BCUT2D eigenvalue weighted by Crippen LogP contribution is -2.35. The first kappa shape index (κ1) is 22.0. The van der Waals surface area contributed by atoms with Crippen molar-refractivity contribution in [1.82, 2.24) is 15.3 Å². The number of nitrogens with zero attached hydrogens (tertiary/aromatic N) is 3. The number of hydrogen-bond acceptors (Lipinski definition) is 6. The second-order valence-corrected chi connectivity index (χ2v) is 8.33. The minimum atomic E-state index is -0.399. The molecule has 1 atom stereocenters. The average Bonchev–Trinajstić information content (AvgIpc) is 2.94. The molecule has 1 aromatic carbocycles. The highest BCUT2D eigenvalue weighted by Crippen LogP contribution is 2.33. The Hall–Kier alpha value is -3.20. The molecule has 170 valence electrons. The summed E-state index contributed by atoms with van der Waals surface area (Å²) in [6, 6.07) is 3.63. The molecule has 0 bridgehead atoms. The molecule has 2 amide bonds. The van der Waals surface area contributed by atoms with Gasteiger partial charge in [-0.25, -0.2) is 19.2 Å². The zero-order valence-corrected chi connectivity index (χ0v) is 18.5. The number of carbonyl (C=O) groups is 1. The summed E-state index contributed by atoms with van der Waals surface area (Å²) in [6.45, 7) is 7.88. The highest BCUT2D eigenvalue weighted by atomic mass is 19.1. The third-order valence-corrected chi connectivity index (χ3v) is 5.56. The van der Waals surface area contributed by atoms with E-state index >= 15 is 0 Å². The van der Waals surface area contributed by atoms with E-state index in [2.05, 4.69) is 20.6 Å². The Bertz CT molecular complexity index is 1080. The number of carbonyl (C=O) groups excluding carboxylic acids is 1. The molecule has 4 rings (SSSR count). The fraction of sp³-hybridized carbons (Fsp3) is 0.435. The molecule has 1 fully saturated rings. The van der Waals surface area contributed by atoms with Crippen LogP contribution < -0.4 is 15.5 Å². The predicted molar refractivity (Wildman–Crippen MR) is 120 cm³/mol. The first-order valence-corrected chi connectivity index (χ1v) is 10.8. The van der Waals surface area contributed by atoms with Crippen molar-refractivity contribution in [2.45, 2.75) is 39.7 Å². The van der Waals surface area contributed by atoms with E-state index in [-0.39, 0.29) is 17.8 Å². The predicted octanol–water partition coefficient (Wildman–Crippen LogP) is 4.76. The molecule has 1 aliphatic rings. The molecule has 3 aromatic rings. The summed E-state index contributed by atoms with van der Waals surface area (Å²) in [5.41, 5.74) is 1.88. The summed E-state index contributed by atoms with van der Waals surface area (Å²) in [6.07, 6.45) is 5.20. The fourth-order valence-electron chi connectivity index (χ4n) is 3.80. The van der Waals surface area contributed by atoms with Crippen LogP contribution in [0.3, 0.4) is 0 Å². The lowest BCUT2D eigenvalue weighted by atomic mass is 9.98. The van der Waals surface area contributed by atoms with Crippen LogP contribution in [0.15, 0.2) is 35.0 Å². The SMILES string of the molecule is Cc1c([C@H](NC(=O)Nc2cnc(N3CCCCOC3)nc2)C(C)C)oc2ccc(F)cc12. The van der Waals surface area contributed by atoms with E-state index < -0.39 is 6.03 Å². The number of aromatic nitrogens is 2. The van der Waals surface area contributed by atoms with Gasteiger partial charge in [-0.05, 0) is 43.9 Å². The van der Waals surface area contributed by atoms with Gasteiger partial charge < -0.3 is 24.7 Å². The zero-order valence-electron chi connectivity index (χ0n) is 18.5. The quantitative estimate of drug-likeness (QED) is 0.593. The minimum absolute atomic E-state index is 0.0477. The van der Waals surface area contributed by atoms with E-state index in [1.54, 1.807) is 18.5 Å². The minimum Gasteiger partial charge on any atom is -0.459 e. The van der Waals surface area contributed by atoms with Crippen LogP contribution >= 0.6 is 0 Å². The Morgan fingerprint density at radius 3 is 2.75 bits per heavy atom. The number of urea groups is 1. The molecular formula is C23H28FN5O3. The number of rotatable bonds is 5. The van der Waals surface area contributed by atoms with Crippen molar-refractivity contribution in [1.29, 1.82) is 0 Å². The number of hydrogen-bond donors (Lipinski definition) is 2. The Kier molecular flexibility index (Phi) is 6.55. The van der Waals surface area contributed by atoms with Crippen LogP contribution in [0.2, 0.25) is 0 Å². The number of furan rings is 1. The first-order chi connectivity index (χ1) is 15.4. The van der Waals surface area contributed by atoms with Crippen molar-refractivity contribution in [2.24, 2.45) is 5.92 Å². The van der Waals surface area contributed by atoms with Crippen molar-refractivity contribution in [3.05, 3.63) is 47.7 Å². The molecule has 1 saturated heterocycles. The maximum Gasteiger partial charge on any atom is 0.319 e. The van der Waals surface area contributed by atoms with E-state index in [1.807, 2.05) is 25.7 Å². The highest BCUT2D eigenvalue weighted by molar-refractivity contribution is 5.89. The van der Waals surface area contributed by atoms with Crippen LogP contribution in [-0.4, -0.2) is 35.9 Å². The summed E-state index contributed by atoms with van der Waals surface area (Å²) in [5, 5.41) is 6.44. The number of anilines is 2. The van der Waals surface area contributed by atoms with Crippen LogP contribution in [-0.2, 0) is 4.74 Å². The van der Waals surface area contributed by atoms with E-state index in [4.69, 9.17) is 9.15 Å². The normalized spacial score (nSPS) is 15.6. The largest absolute Gasteiger partial charge is 0.459 e. The monoisotopic (exact) mass is 441 g/mol. The Labute approximate surface area is 186 Å². The van der Waals surface area contributed by atoms with Gasteiger partial charge in [0.2, 0.25) is 5.95 Å². The molecule has 8 nitrogen and oxygen atoms in total. The Morgan fingerprint density at radius 2 is 2.00 bits per heavy atom. The van der Waals surface area contributed by atoms with E-state index in [9.17, 15) is 9.18 Å². The third-order valence-electron chi connectivity index (χ3n) is 5.56. The molecule has 9 heteroatoms. The van der Waals surface area contributed by atoms with Gasteiger partial charge in [-0.2, -0.15) is 0 Å². The van der Waals surface area contributed by atoms with Gasteiger partial charge in [0.25, 0.3) is 0 Å². The number of amides is 2. The molecule has 2 aromatic heterocycles. The van der Waals surface area contributed by atoms with Crippen molar-refractivity contribution < 1.29 is 18.3 Å². The number of benzene rings is 1. The van der Waals surface area contributed by atoms with Gasteiger partial charge in [0.15, 0.2) is 0 Å². The molecule has 0 saturated carbocycles. The summed E-state index contributed by atoms with van der Waals surface area (Å²) >= 11 is 0. The summed E-state index contributed by atoms with van der Waals surface area (Å²) < 4.78 is 25.2. The van der Waals surface area contributed by atoms with Gasteiger partial charge in [-0.1, -0.05) is 13.8 Å². The van der Waals surface area contributed by atoms with E-state index in [0.717, 1.165) is 31.6 Å². The smallest absolute Gasteiger partial charge is 0.319 e. The maximum atomic E-state index is 13.7. The Morgan fingerprint density at radius 1 is 1.22 bits per heavy atom. The van der Waals surface area contributed by atoms with E-state index in [1.165, 1.54) is 12.1 Å². The molecule has 0 unspecified atom stereocenters. The summed E-state index contributed by atoms with van der Waals surface area (Å²) in [7, 11) is 0. The van der Waals surface area contributed by atoms with E-state index in [0.29, 0.717) is 35.1 Å². The van der Waals surface area contributed by atoms with Crippen LogP contribution in [0.4, 0.5) is 20.8 Å². The van der Waals surface area contributed by atoms with Crippen LogP contribution in [0.1, 0.15) is 44.1 Å². The first-order valence-electron chi connectivity index (χ1n) is 10.8. The molecule has 0 aliphatic carbocycles. The van der Waals surface area contributed by atoms with Crippen molar-refractivity contribution in [3.63, 3.8) is 0 Å². The van der Waals surface area contributed by atoms with Gasteiger partial charge in [-0.15, -0.1) is 0 Å². The summed E-state index contributed by atoms with van der Waals surface area (Å²) in [5.74, 6) is 0.910. The van der Waals surface area contributed by atoms with Gasteiger partial charge >= 0.3 is 6.03 Å².